The number of sulfonamides is 1. The molecule has 0 aromatic heterocycles. The van der Waals surface area contributed by atoms with Crippen LogP contribution in [0.2, 0.25) is 0 Å². The molecule has 2 saturated heterocycles. The molecule has 0 aromatic carbocycles. The first-order valence-electron chi connectivity index (χ1n) is 8.08. The highest BCUT2D eigenvalue weighted by Crippen LogP contribution is 2.53. The fourth-order valence-electron chi connectivity index (χ4n) is 3.47. The Morgan fingerprint density at radius 1 is 1.23 bits per heavy atom. The third-order valence-corrected chi connectivity index (χ3v) is 7.14. The molecule has 2 heterocycles. The van der Waals surface area contributed by atoms with Crippen LogP contribution in [0.15, 0.2) is 0 Å². The van der Waals surface area contributed by atoms with Gasteiger partial charge in [-0.25, -0.2) is 13.2 Å². The van der Waals surface area contributed by atoms with Crippen molar-refractivity contribution in [2.45, 2.75) is 32.2 Å². The van der Waals surface area contributed by atoms with Gasteiger partial charge in [0.25, 0.3) is 0 Å². The standard InChI is InChI=1S/C14H25N3O4S/c1-2-22(19,20)17-7-5-16(6-8-17)13(18)15-12-11-14(12)3-9-21-10-4-14/h12H,2-11H2,1H3,(H,15,18). The molecule has 0 bridgehead atoms. The molecule has 1 N–H and O–H groups in total. The van der Waals surface area contributed by atoms with Gasteiger partial charge in [-0.05, 0) is 31.6 Å². The fraction of sp³-hybridized carbons (Fsp3) is 0.929. The monoisotopic (exact) mass is 331 g/mol. The zero-order chi connectivity index (χ0) is 15.8. The van der Waals surface area contributed by atoms with E-state index in [0.717, 1.165) is 32.5 Å². The predicted octanol–water partition coefficient (Wildman–Crippen LogP) is 0.232. The Kier molecular flexibility index (Phi) is 4.35. The maximum atomic E-state index is 12.3. The van der Waals surface area contributed by atoms with E-state index in [0.29, 0.717) is 26.2 Å². The molecule has 8 heteroatoms. The van der Waals surface area contributed by atoms with Crippen molar-refractivity contribution in [1.82, 2.24) is 14.5 Å². The van der Waals surface area contributed by atoms with Crippen LogP contribution in [-0.4, -0.2) is 74.8 Å². The summed E-state index contributed by atoms with van der Waals surface area (Å²) in [6.07, 6.45) is 3.10. The summed E-state index contributed by atoms with van der Waals surface area (Å²) < 4.78 is 30.5. The molecule has 0 aromatic rings. The lowest BCUT2D eigenvalue weighted by molar-refractivity contribution is 0.0543. The van der Waals surface area contributed by atoms with Gasteiger partial charge >= 0.3 is 6.03 Å². The smallest absolute Gasteiger partial charge is 0.317 e. The zero-order valence-electron chi connectivity index (χ0n) is 13.1. The number of urea groups is 1. The second-order valence-corrected chi connectivity index (χ2v) is 8.73. The molecular weight excluding hydrogens is 306 g/mol. The van der Waals surface area contributed by atoms with Crippen LogP contribution >= 0.6 is 0 Å². The number of nitrogens with zero attached hydrogens (tertiary/aromatic N) is 2. The van der Waals surface area contributed by atoms with Gasteiger partial charge in [0.1, 0.15) is 0 Å². The van der Waals surface area contributed by atoms with Gasteiger partial charge < -0.3 is 15.0 Å². The summed E-state index contributed by atoms with van der Waals surface area (Å²) in [5, 5.41) is 3.12. The van der Waals surface area contributed by atoms with E-state index in [1.165, 1.54) is 4.31 Å². The minimum atomic E-state index is -3.14. The number of nitrogens with one attached hydrogen (secondary N) is 1. The van der Waals surface area contributed by atoms with Crippen molar-refractivity contribution in [2.24, 2.45) is 5.41 Å². The molecule has 22 heavy (non-hydrogen) atoms. The molecule has 0 radical (unpaired) electrons. The first-order chi connectivity index (χ1) is 10.5. The summed E-state index contributed by atoms with van der Waals surface area (Å²) in [5.41, 5.74) is 0.265. The van der Waals surface area contributed by atoms with Crippen LogP contribution in [0, 0.1) is 5.41 Å². The molecule has 1 aliphatic carbocycles. The van der Waals surface area contributed by atoms with Crippen molar-refractivity contribution in [3.63, 3.8) is 0 Å². The van der Waals surface area contributed by atoms with E-state index in [-0.39, 0.29) is 23.2 Å². The number of amides is 2. The normalized spacial score (nSPS) is 28.6. The number of carbonyl (C=O) groups excluding carboxylic acids is 1. The van der Waals surface area contributed by atoms with Gasteiger partial charge in [-0.3, -0.25) is 0 Å². The van der Waals surface area contributed by atoms with E-state index >= 15 is 0 Å². The number of rotatable bonds is 3. The van der Waals surface area contributed by atoms with E-state index in [9.17, 15) is 13.2 Å². The molecular formula is C14H25N3O4S. The third-order valence-electron chi connectivity index (χ3n) is 5.26. The lowest BCUT2D eigenvalue weighted by Crippen LogP contribution is -2.54. The van der Waals surface area contributed by atoms with Gasteiger partial charge in [0.05, 0.1) is 5.75 Å². The Hall–Kier alpha value is -0.860. The van der Waals surface area contributed by atoms with Crippen LogP contribution in [0.25, 0.3) is 0 Å². The van der Waals surface area contributed by atoms with Crippen LogP contribution in [0.4, 0.5) is 4.79 Å². The summed E-state index contributed by atoms with van der Waals surface area (Å²) >= 11 is 0. The SMILES string of the molecule is CCS(=O)(=O)N1CCN(C(=O)NC2CC23CCOCC3)CC1. The highest BCUT2D eigenvalue weighted by molar-refractivity contribution is 7.89. The summed E-state index contributed by atoms with van der Waals surface area (Å²) in [6, 6.07) is 0.211. The van der Waals surface area contributed by atoms with E-state index in [1.807, 2.05) is 0 Å². The van der Waals surface area contributed by atoms with E-state index < -0.39 is 10.0 Å². The van der Waals surface area contributed by atoms with Crippen molar-refractivity contribution < 1.29 is 17.9 Å². The lowest BCUT2D eigenvalue weighted by atomic mass is 9.96. The summed E-state index contributed by atoms with van der Waals surface area (Å²) in [7, 11) is -3.14. The number of hydrogen-bond donors (Lipinski definition) is 1. The fourth-order valence-corrected chi connectivity index (χ4v) is 4.56. The second kappa shape index (κ2) is 5.98. The van der Waals surface area contributed by atoms with Crippen LogP contribution in [0.3, 0.4) is 0 Å². The molecule has 1 saturated carbocycles. The highest BCUT2D eigenvalue weighted by atomic mass is 32.2. The topological polar surface area (TPSA) is 79.0 Å². The Morgan fingerprint density at radius 3 is 2.45 bits per heavy atom. The van der Waals surface area contributed by atoms with Crippen molar-refractivity contribution in [1.29, 1.82) is 0 Å². The van der Waals surface area contributed by atoms with Gasteiger partial charge in [-0.1, -0.05) is 0 Å². The minimum absolute atomic E-state index is 0.0538. The number of carbonyl (C=O) groups is 1. The predicted molar refractivity (Wildman–Crippen MR) is 82.0 cm³/mol. The largest absolute Gasteiger partial charge is 0.381 e. The van der Waals surface area contributed by atoms with Crippen LogP contribution in [-0.2, 0) is 14.8 Å². The van der Waals surface area contributed by atoms with Crippen LogP contribution < -0.4 is 5.32 Å². The first-order valence-corrected chi connectivity index (χ1v) is 9.69. The Labute approximate surface area is 132 Å². The minimum Gasteiger partial charge on any atom is -0.381 e. The number of hydrogen-bond acceptors (Lipinski definition) is 4. The van der Waals surface area contributed by atoms with Gasteiger partial charge in [0, 0.05) is 45.4 Å². The van der Waals surface area contributed by atoms with E-state index in [1.54, 1.807) is 11.8 Å². The van der Waals surface area contributed by atoms with Gasteiger partial charge in [0.15, 0.2) is 0 Å². The van der Waals surface area contributed by atoms with Gasteiger partial charge in [0.2, 0.25) is 10.0 Å². The molecule has 7 nitrogen and oxygen atoms in total. The molecule has 3 aliphatic rings. The molecule has 1 unspecified atom stereocenters. The third kappa shape index (κ3) is 3.09. The summed E-state index contributed by atoms with van der Waals surface area (Å²) in [5.74, 6) is 0.117. The van der Waals surface area contributed by atoms with Crippen LogP contribution in [0.1, 0.15) is 26.2 Å². The zero-order valence-corrected chi connectivity index (χ0v) is 13.9. The quantitative estimate of drug-likeness (QED) is 0.803. The first kappa shape index (κ1) is 16.0. The number of piperazine rings is 1. The molecule has 3 rings (SSSR count). The van der Waals surface area contributed by atoms with Crippen LogP contribution in [0.5, 0.6) is 0 Å². The van der Waals surface area contributed by atoms with Gasteiger partial charge in [-0.2, -0.15) is 4.31 Å². The molecule has 3 fully saturated rings. The molecule has 2 amide bonds. The second-order valence-electron chi connectivity index (χ2n) is 6.47. The summed E-state index contributed by atoms with van der Waals surface area (Å²) in [6.45, 7) is 4.96. The van der Waals surface area contributed by atoms with Crippen molar-refractivity contribution in [3.05, 3.63) is 0 Å². The van der Waals surface area contributed by atoms with Crippen molar-refractivity contribution in [3.8, 4) is 0 Å². The molecule has 1 spiro atoms. The average Bonchev–Trinajstić information content (AvgIpc) is 3.19. The Bertz CT molecular complexity index is 522. The Balaban J connectivity index is 1.47. The highest BCUT2D eigenvalue weighted by Gasteiger charge is 2.55. The van der Waals surface area contributed by atoms with E-state index in [2.05, 4.69) is 5.32 Å². The molecule has 2 aliphatic heterocycles. The number of ether oxygens (including phenoxy) is 1. The van der Waals surface area contributed by atoms with Crippen molar-refractivity contribution >= 4 is 16.1 Å². The van der Waals surface area contributed by atoms with Gasteiger partial charge in [-0.15, -0.1) is 0 Å². The Morgan fingerprint density at radius 2 is 1.86 bits per heavy atom. The molecule has 1 atom stereocenters. The summed E-state index contributed by atoms with van der Waals surface area (Å²) in [4.78, 5) is 14.0. The van der Waals surface area contributed by atoms with Crippen molar-refractivity contribution in [2.75, 3.05) is 45.1 Å². The maximum Gasteiger partial charge on any atom is 0.317 e. The molecule has 126 valence electrons. The van der Waals surface area contributed by atoms with E-state index in [4.69, 9.17) is 4.74 Å². The lowest BCUT2D eigenvalue weighted by Gasteiger charge is -2.34. The average molecular weight is 331 g/mol. The maximum absolute atomic E-state index is 12.3.